The van der Waals surface area contributed by atoms with Gasteiger partial charge in [0.25, 0.3) is 0 Å². The number of allylic oxidation sites excluding steroid dienone is 3. The molecule has 108 valence electrons. The molecule has 1 aliphatic heterocycles. The molecule has 0 spiro atoms. The monoisotopic (exact) mass is 268 g/mol. The van der Waals surface area contributed by atoms with Crippen molar-refractivity contribution in [2.75, 3.05) is 13.2 Å². The highest BCUT2D eigenvalue weighted by Gasteiger charge is 2.22. The standard InChI is InChI=1S/C16H25FO2/c1-2-3-4-14-11-18-16(19-12-14)10-7-13-5-8-15(17)9-6-13/h3-4,8,13-14,16H,2,5-7,9-12H2,1H3/b4-3+/t13?,14-,16-. The van der Waals surface area contributed by atoms with Gasteiger partial charge in [-0.3, -0.25) is 0 Å². The van der Waals surface area contributed by atoms with E-state index in [1.165, 1.54) is 0 Å². The van der Waals surface area contributed by atoms with Crippen LogP contribution in [0.1, 0.15) is 45.4 Å². The minimum absolute atomic E-state index is 0.0537. The Morgan fingerprint density at radius 3 is 2.74 bits per heavy atom. The van der Waals surface area contributed by atoms with Crippen LogP contribution in [0.25, 0.3) is 0 Å². The van der Waals surface area contributed by atoms with Crippen molar-refractivity contribution in [1.29, 1.82) is 0 Å². The van der Waals surface area contributed by atoms with Crippen molar-refractivity contribution in [3.8, 4) is 0 Å². The van der Waals surface area contributed by atoms with Crippen LogP contribution >= 0.6 is 0 Å². The Balaban J connectivity index is 1.62. The van der Waals surface area contributed by atoms with Crippen molar-refractivity contribution in [2.45, 2.75) is 51.7 Å². The summed E-state index contributed by atoms with van der Waals surface area (Å²) >= 11 is 0. The molecule has 1 unspecified atom stereocenters. The van der Waals surface area contributed by atoms with Gasteiger partial charge in [0.05, 0.1) is 19.0 Å². The third-order valence-electron chi connectivity index (χ3n) is 3.91. The Hall–Kier alpha value is -0.670. The average molecular weight is 268 g/mol. The fourth-order valence-corrected chi connectivity index (χ4v) is 2.65. The molecule has 2 aliphatic rings. The zero-order valence-electron chi connectivity index (χ0n) is 11.8. The number of halogens is 1. The van der Waals surface area contributed by atoms with Crippen LogP contribution in [0.15, 0.2) is 24.1 Å². The molecule has 0 aromatic carbocycles. The Bertz CT molecular complexity index is 317. The van der Waals surface area contributed by atoms with Crippen molar-refractivity contribution in [1.82, 2.24) is 0 Å². The first-order valence-electron chi connectivity index (χ1n) is 7.52. The minimum atomic E-state index is -0.0537. The molecular formula is C16H25FO2. The van der Waals surface area contributed by atoms with E-state index >= 15 is 0 Å². The van der Waals surface area contributed by atoms with E-state index < -0.39 is 0 Å². The molecule has 2 nitrogen and oxygen atoms in total. The predicted octanol–water partition coefficient (Wildman–Crippen LogP) is 4.38. The van der Waals surface area contributed by atoms with Gasteiger partial charge in [0.2, 0.25) is 0 Å². The Kier molecular flexibility index (Phi) is 6.05. The number of rotatable bonds is 5. The maximum Gasteiger partial charge on any atom is 0.157 e. The van der Waals surface area contributed by atoms with Gasteiger partial charge in [-0.25, -0.2) is 4.39 Å². The second-order valence-corrected chi connectivity index (χ2v) is 5.56. The van der Waals surface area contributed by atoms with Gasteiger partial charge in [0.15, 0.2) is 6.29 Å². The molecule has 3 heteroatoms. The Morgan fingerprint density at radius 1 is 1.32 bits per heavy atom. The SMILES string of the molecule is CC/C=C/[C@H]1CO[C@H](CCC2CC=C(F)CC2)OC1. The van der Waals surface area contributed by atoms with Crippen LogP contribution in [-0.2, 0) is 9.47 Å². The third-order valence-corrected chi connectivity index (χ3v) is 3.91. The van der Waals surface area contributed by atoms with Crippen LogP contribution in [0.4, 0.5) is 4.39 Å². The number of ether oxygens (including phenoxy) is 2. The lowest BCUT2D eigenvalue weighted by atomic mass is 9.89. The van der Waals surface area contributed by atoms with Crippen molar-refractivity contribution in [3.05, 3.63) is 24.1 Å². The highest BCUT2D eigenvalue weighted by atomic mass is 19.1. The molecule has 2 rings (SSSR count). The van der Waals surface area contributed by atoms with E-state index in [4.69, 9.17) is 9.47 Å². The highest BCUT2D eigenvalue weighted by molar-refractivity contribution is 4.97. The molecule has 1 fully saturated rings. The number of hydrogen-bond acceptors (Lipinski definition) is 2. The summed E-state index contributed by atoms with van der Waals surface area (Å²) in [5, 5.41) is 0. The first-order valence-corrected chi connectivity index (χ1v) is 7.52. The second kappa shape index (κ2) is 7.81. The molecule has 0 amide bonds. The largest absolute Gasteiger partial charge is 0.352 e. The van der Waals surface area contributed by atoms with Crippen LogP contribution in [0.3, 0.4) is 0 Å². The minimum Gasteiger partial charge on any atom is -0.352 e. The van der Waals surface area contributed by atoms with Gasteiger partial charge in [-0.15, -0.1) is 0 Å². The zero-order valence-corrected chi connectivity index (χ0v) is 11.8. The molecular weight excluding hydrogens is 243 g/mol. The summed E-state index contributed by atoms with van der Waals surface area (Å²) in [6.07, 6.45) is 11.6. The summed E-state index contributed by atoms with van der Waals surface area (Å²) in [6.45, 7) is 3.66. The molecule has 0 saturated carbocycles. The maximum absolute atomic E-state index is 12.9. The molecule has 1 atom stereocenters. The van der Waals surface area contributed by atoms with Gasteiger partial charge in [0.1, 0.15) is 0 Å². The van der Waals surface area contributed by atoms with Gasteiger partial charge in [-0.05, 0) is 44.4 Å². The van der Waals surface area contributed by atoms with Crippen LogP contribution < -0.4 is 0 Å². The summed E-state index contributed by atoms with van der Waals surface area (Å²) in [5.41, 5.74) is 0. The second-order valence-electron chi connectivity index (χ2n) is 5.56. The van der Waals surface area contributed by atoms with Gasteiger partial charge >= 0.3 is 0 Å². The van der Waals surface area contributed by atoms with Crippen LogP contribution in [0, 0.1) is 11.8 Å². The maximum atomic E-state index is 12.9. The van der Waals surface area contributed by atoms with E-state index in [1.807, 2.05) is 0 Å². The lowest BCUT2D eigenvalue weighted by Crippen LogP contribution is -2.31. The van der Waals surface area contributed by atoms with E-state index in [1.54, 1.807) is 6.08 Å². The summed E-state index contributed by atoms with van der Waals surface area (Å²) in [5.74, 6) is 1.07. The molecule has 0 aromatic heterocycles. The van der Waals surface area contributed by atoms with Crippen molar-refractivity contribution in [3.63, 3.8) is 0 Å². The zero-order chi connectivity index (χ0) is 13.5. The van der Waals surface area contributed by atoms with Crippen LogP contribution in [-0.4, -0.2) is 19.5 Å². The fourth-order valence-electron chi connectivity index (χ4n) is 2.65. The van der Waals surface area contributed by atoms with E-state index in [0.717, 1.165) is 45.3 Å². The number of hydrogen-bond donors (Lipinski definition) is 0. The molecule has 1 aliphatic carbocycles. The molecule has 0 aromatic rings. The van der Waals surface area contributed by atoms with E-state index in [0.29, 0.717) is 18.3 Å². The Morgan fingerprint density at radius 2 is 2.11 bits per heavy atom. The first-order chi connectivity index (χ1) is 9.28. The molecule has 0 bridgehead atoms. The van der Waals surface area contributed by atoms with Gasteiger partial charge in [0, 0.05) is 5.92 Å². The van der Waals surface area contributed by atoms with E-state index in [9.17, 15) is 4.39 Å². The quantitative estimate of drug-likeness (QED) is 0.689. The summed E-state index contributed by atoms with van der Waals surface area (Å²) in [7, 11) is 0. The highest BCUT2D eigenvalue weighted by Crippen LogP contribution is 2.29. The van der Waals surface area contributed by atoms with Gasteiger partial charge in [-0.2, -0.15) is 0 Å². The fraction of sp³-hybridized carbons (Fsp3) is 0.750. The molecule has 1 heterocycles. The summed E-state index contributed by atoms with van der Waals surface area (Å²) in [6, 6.07) is 0. The van der Waals surface area contributed by atoms with E-state index in [2.05, 4.69) is 19.1 Å². The third kappa shape index (κ3) is 5.07. The summed E-state index contributed by atoms with van der Waals surface area (Å²) < 4.78 is 24.4. The van der Waals surface area contributed by atoms with Crippen LogP contribution in [0.5, 0.6) is 0 Å². The molecule has 0 N–H and O–H groups in total. The van der Waals surface area contributed by atoms with Gasteiger partial charge < -0.3 is 9.47 Å². The van der Waals surface area contributed by atoms with E-state index in [-0.39, 0.29) is 12.1 Å². The van der Waals surface area contributed by atoms with Crippen molar-refractivity contribution >= 4 is 0 Å². The molecule has 0 radical (unpaired) electrons. The van der Waals surface area contributed by atoms with Crippen molar-refractivity contribution in [2.24, 2.45) is 11.8 Å². The predicted molar refractivity (Wildman–Crippen MR) is 74.4 cm³/mol. The molecule has 1 saturated heterocycles. The lowest BCUT2D eigenvalue weighted by Gasteiger charge is -2.29. The first kappa shape index (κ1) is 14.7. The molecule has 19 heavy (non-hydrogen) atoms. The topological polar surface area (TPSA) is 18.5 Å². The van der Waals surface area contributed by atoms with Crippen molar-refractivity contribution < 1.29 is 13.9 Å². The smallest absolute Gasteiger partial charge is 0.157 e. The van der Waals surface area contributed by atoms with Crippen LogP contribution in [0.2, 0.25) is 0 Å². The lowest BCUT2D eigenvalue weighted by molar-refractivity contribution is -0.196. The Labute approximate surface area is 115 Å². The summed E-state index contributed by atoms with van der Waals surface area (Å²) in [4.78, 5) is 0. The normalized spacial score (nSPS) is 32.5. The average Bonchev–Trinajstić information content (AvgIpc) is 2.46. The van der Waals surface area contributed by atoms with Gasteiger partial charge in [-0.1, -0.05) is 25.2 Å².